The minimum Gasteiger partial charge on any atom is -0.543 e. The van der Waals surface area contributed by atoms with Crippen LogP contribution in [0.25, 0.3) is 27.5 Å². The van der Waals surface area contributed by atoms with Crippen LogP contribution in [0, 0.1) is 11.8 Å². The summed E-state index contributed by atoms with van der Waals surface area (Å²) in [7, 11) is 0. The standard InChI is InChI=1S/C21H19N3O3.Na/c1-10(2)17-16-9-13(18(21(26)27)24(16)20(17)25)11-5-6-15-14(8-11)12-4-3-7-22-19(12)23-15;/h3-8,10,16-17H,9H2,1-2H3,(H,22,23)(H,26,27);/q;+1/p-1/t16-,17-;/m1./s1. The SMILES string of the molecule is CC(C)[C@H]1C(=O)N2C(C(=O)[O-])=C(c3ccc4[nH]c5ncccc5c4c3)C[C@H]12.[Na+]. The Kier molecular flexibility index (Phi) is 4.61. The van der Waals surface area contributed by atoms with Crippen molar-refractivity contribution in [3.63, 3.8) is 0 Å². The van der Waals surface area contributed by atoms with Crippen LogP contribution in [0.2, 0.25) is 0 Å². The van der Waals surface area contributed by atoms with Gasteiger partial charge in [0.25, 0.3) is 0 Å². The summed E-state index contributed by atoms with van der Waals surface area (Å²) >= 11 is 0. The van der Waals surface area contributed by atoms with Gasteiger partial charge in [0.2, 0.25) is 5.91 Å². The fourth-order valence-electron chi connectivity index (χ4n) is 4.63. The molecule has 1 N–H and O–H groups in total. The second kappa shape index (κ2) is 6.72. The number of carbonyl (C=O) groups is 2. The number of aromatic amines is 1. The molecule has 0 bridgehead atoms. The van der Waals surface area contributed by atoms with E-state index in [1.807, 2.05) is 44.2 Å². The number of pyridine rings is 1. The molecule has 1 aromatic carbocycles. The van der Waals surface area contributed by atoms with Gasteiger partial charge in [0.05, 0.1) is 23.6 Å². The van der Waals surface area contributed by atoms with Crippen LogP contribution in [0.15, 0.2) is 42.2 Å². The molecule has 2 aliphatic rings. The summed E-state index contributed by atoms with van der Waals surface area (Å²) in [6, 6.07) is 9.59. The largest absolute Gasteiger partial charge is 1.00 e. The number of H-pyrrole nitrogens is 1. The molecule has 0 spiro atoms. The monoisotopic (exact) mass is 383 g/mol. The van der Waals surface area contributed by atoms with Crippen molar-refractivity contribution in [2.45, 2.75) is 26.3 Å². The first kappa shape index (κ1) is 19.2. The smallest absolute Gasteiger partial charge is 0.543 e. The summed E-state index contributed by atoms with van der Waals surface area (Å²) in [4.78, 5) is 33.4. The van der Waals surface area contributed by atoms with Crippen molar-refractivity contribution in [2.75, 3.05) is 0 Å². The van der Waals surface area contributed by atoms with Crippen molar-refractivity contribution in [3.8, 4) is 0 Å². The van der Waals surface area contributed by atoms with Gasteiger partial charge in [-0.05, 0) is 47.7 Å². The van der Waals surface area contributed by atoms with Crippen molar-refractivity contribution in [1.29, 1.82) is 0 Å². The zero-order chi connectivity index (χ0) is 18.9. The van der Waals surface area contributed by atoms with Crippen LogP contribution >= 0.6 is 0 Å². The molecule has 2 atom stereocenters. The molecule has 6 nitrogen and oxygen atoms in total. The molecule has 0 saturated carbocycles. The van der Waals surface area contributed by atoms with Gasteiger partial charge in [-0.25, -0.2) is 4.98 Å². The number of carboxylic acids is 1. The van der Waals surface area contributed by atoms with E-state index in [1.54, 1.807) is 6.20 Å². The Labute approximate surface area is 183 Å². The molecule has 0 aliphatic carbocycles. The molecule has 136 valence electrons. The van der Waals surface area contributed by atoms with E-state index in [0.717, 1.165) is 27.5 Å². The van der Waals surface area contributed by atoms with Gasteiger partial charge < -0.3 is 19.8 Å². The number of hydrogen-bond acceptors (Lipinski definition) is 4. The van der Waals surface area contributed by atoms with Crippen LogP contribution < -0.4 is 34.7 Å². The first-order chi connectivity index (χ1) is 13.0. The third-order valence-electron chi connectivity index (χ3n) is 5.84. The number of aromatic nitrogens is 2. The number of rotatable bonds is 3. The van der Waals surface area contributed by atoms with Crippen molar-refractivity contribution in [2.24, 2.45) is 11.8 Å². The van der Waals surface area contributed by atoms with E-state index >= 15 is 0 Å². The van der Waals surface area contributed by atoms with Gasteiger partial charge in [-0.3, -0.25) is 4.79 Å². The molecule has 1 fully saturated rings. The first-order valence-electron chi connectivity index (χ1n) is 9.11. The molecule has 1 saturated heterocycles. The average Bonchev–Trinajstić information content (AvgIpc) is 3.16. The zero-order valence-electron chi connectivity index (χ0n) is 16.0. The van der Waals surface area contributed by atoms with Gasteiger partial charge in [0, 0.05) is 22.5 Å². The number of nitrogens with zero attached hydrogens (tertiary/aromatic N) is 2. The Bertz CT molecular complexity index is 1160. The van der Waals surface area contributed by atoms with Crippen molar-refractivity contribution < 1.29 is 44.3 Å². The molecule has 3 aromatic rings. The molecule has 0 unspecified atom stereocenters. The zero-order valence-corrected chi connectivity index (χ0v) is 18.0. The molecule has 1 amide bonds. The number of benzene rings is 1. The molecule has 5 rings (SSSR count). The third-order valence-corrected chi connectivity index (χ3v) is 5.84. The van der Waals surface area contributed by atoms with E-state index in [-0.39, 0.29) is 59.0 Å². The molecule has 7 heteroatoms. The second-order valence-corrected chi connectivity index (χ2v) is 7.65. The Morgan fingerprint density at radius 2 is 2.07 bits per heavy atom. The minimum atomic E-state index is -1.29. The number of nitrogens with one attached hydrogen (secondary N) is 1. The molecular weight excluding hydrogens is 365 g/mol. The van der Waals surface area contributed by atoms with E-state index in [1.165, 1.54) is 4.90 Å². The number of hydrogen-bond donors (Lipinski definition) is 1. The predicted molar refractivity (Wildman–Crippen MR) is 99.1 cm³/mol. The Hall–Kier alpha value is -2.15. The summed E-state index contributed by atoms with van der Waals surface area (Å²) < 4.78 is 0. The van der Waals surface area contributed by atoms with E-state index in [0.29, 0.717) is 12.0 Å². The Morgan fingerprint density at radius 1 is 1.29 bits per heavy atom. The van der Waals surface area contributed by atoms with Crippen LogP contribution in [0.4, 0.5) is 0 Å². The van der Waals surface area contributed by atoms with E-state index < -0.39 is 5.97 Å². The maximum absolute atomic E-state index is 12.5. The molecule has 0 radical (unpaired) electrons. The van der Waals surface area contributed by atoms with Gasteiger partial charge in [-0.2, -0.15) is 0 Å². The minimum absolute atomic E-state index is 0. The number of amides is 1. The summed E-state index contributed by atoms with van der Waals surface area (Å²) in [6.07, 6.45) is 2.28. The maximum Gasteiger partial charge on any atom is 1.00 e. The molecule has 28 heavy (non-hydrogen) atoms. The van der Waals surface area contributed by atoms with Crippen LogP contribution in [0.5, 0.6) is 0 Å². The fourth-order valence-corrected chi connectivity index (χ4v) is 4.63. The molecule has 2 aromatic heterocycles. The fraction of sp³-hybridized carbons (Fsp3) is 0.286. The molecule has 4 heterocycles. The van der Waals surface area contributed by atoms with Gasteiger partial charge in [-0.1, -0.05) is 19.9 Å². The Morgan fingerprint density at radius 3 is 2.79 bits per heavy atom. The third kappa shape index (κ3) is 2.55. The number of aliphatic carboxylic acids is 1. The number of fused-ring (bicyclic) bond motifs is 4. The van der Waals surface area contributed by atoms with Gasteiger partial charge in [-0.15, -0.1) is 0 Å². The van der Waals surface area contributed by atoms with Crippen molar-refractivity contribution in [1.82, 2.24) is 14.9 Å². The molecular formula is C21H18N3NaO3. The Balaban J connectivity index is 0.00000192. The summed E-state index contributed by atoms with van der Waals surface area (Å²) in [5, 5.41) is 13.8. The van der Waals surface area contributed by atoms with Crippen LogP contribution in [0.1, 0.15) is 25.8 Å². The van der Waals surface area contributed by atoms with Crippen LogP contribution in [0.3, 0.4) is 0 Å². The van der Waals surface area contributed by atoms with Crippen molar-refractivity contribution in [3.05, 3.63) is 47.8 Å². The van der Waals surface area contributed by atoms with E-state index in [9.17, 15) is 14.7 Å². The van der Waals surface area contributed by atoms with Crippen LogP contribution in [-0.4, -0.2) is 32.8 Å². The average molecular weight is 383 g/mol. The van der Waals surface area contributed by atoms with E-state index in [4.69, 9.17) is 0 Å². The number of carboxylic acid groups (broad SMARTS) is 1. The summed E-state index contributed by atoms with van der Waals surface area (Å²) in [5.74, 6) is -1.34. The maximum atomic E-state index is 12.5. The van der Waals surface area contributed by atoms with Crippen molar-refractivity contribution >= 4 is 39.4 Å². The van der Waals surface area contributed by atoms with Gasteiger partial charge >= 0.3 is 29.6 Å². The predicted octanol–water partition coefficient (Wildman–Crippen LogP) is -0.932. The summed E-state index contributed by atoms with van der Waals surface area (Å²) in [6.45, 7) is 4.00. The van der Waals surface area contributed by atoms with Gasteiger partial charge in [0.1, 0.15) is 5.65 Å². The normalized spacial score (nSPS) is 21.2. The number of carbonyl (C=O) groups excluding carboxylic acids is 2. The van der Waals surface area contributed by atoms with E-state index in [2.05, 4.69) is 9.97 Å². The second-order valence-electron chi connectivity index (χ2n) is 7.65. The summed E-state index contributed by atoms with van der Waals surface area (Å²) in [5.41, 5.74) is 3.26. The number of β-lactam (4-membered cyclic amide) rings is 1. The first-order valence-corrected chi connectivity index (χ1v) is 9.11. The van der Waals surface area contributed by atoms with Gasteiger partial charge in [0.15, 0.2) is 0 Å². The topological polar surface area (TPSA) is 89.1 Å². The molecule has 2 aliphatic heterocycles. The van der Waals surface area contributed by atoms with Crippen LogP contribution in [-0.2, 0) is 9.59 Å². The quantitative estimate of drug-likeness (QED) is 0.467.